The molecule has 2 aromatic rings. The van der Waals surface area contributed by atoms with Gasteiger partial charge in [-0.3, -0.25) is 14.5 Å². The molecule has 4 N–H and O–H groups in total. The van der Waals surface area contributed by atoms with E-state index in [1.54, 1.807) is 6.92 Å². The van der Waals surface area contributed by atoms with Crippen LogP contribution >= 0.6 is 0 Å². The molecular formula is C22H32N4O3. The largest absolute Gasteiger partial charge is 0.445 e. The lowest BCUT2D eigenvalue weighted by Gasteiger charge is -2.22. The molecule has 1 aromatic heterocycles. The van der Waals surface area contributed by atoms with Gasteiger partial charge in [-0.05, 0) is 31.9 Å². The Labute approximate surface area is 172 Å². The standard InChI is InChI=1S/C22H32N4O3/c1-4-5-13-26(15-17-10-7-6-8-11-17)14-9-12-25-22(28)18-16(2)29-20(23)19(18)21(27)24-3/h6-8,10-11H,4-5,9,12-15,23H2,1-3H3,(H,24,27)(H,25,28). The van der Waals surface area contributed by atoms with Gasteiger partial charge in [-0.25, -0.2) is 0 Å². The van der Waals surface area contributed by atoms with E-state index in [9.17, 15) is 9.59 Å². The molecule has 0 atom stereocenters. The number of nitrogen functional groups attached to an aromatic ring is 1. The maximum absolute atomic E-state index is 12.6. The molecule has 158 valence electrons. The summed E-state index contributed by atoms with van der Waals surface area (Å²) in [6.45, 7) is 7.12. The van der Waals surface area contributed by atoms with Crippen molar-refractivity contribution in [3.8, 4) is 0 Å². The predicted molar refractivity (Wildman–Crippen MR) is 115 cm³/mol. The van der Waals surface area contributed by atoms with Crippen molar-refractivity contribution in [2.24, 2.45) is 0 Å². The molecule has 7 heteroatoms. The molecule has 0 bridgehead atoms. The van der Waals surface area contributed by atoms with Crippen LogP contribution in [0.15, 0.2) is 34.7 Å². The van der Waals surface area contributed by atoms with E-state index in [-0.39, 0.29) is 22.9 Å². The van der Waals surface area contributed by atoms with Crippen molar-refractivity contribution in [1.29, 1.82) is 0 Å². The fourth-order valence-electron chi connectivity index (χ4n) is 3.28. The molecule has 0 saturated carbocycles. The lowest BCUT2D eigenvalue weighted by Crippen LogP contribution is -2.32. The van der Waals surface area contributed by atoms with Crippen LogP contribution in [0.2, 0.25) is 0 Å². The number of unbranched alkanes of at least 4 members (excludes halogenated alkanes) is 1. The highest BCUT2D eigenvalue weighted by atomic mass is 16.4. The number of rotatable bonds is 11. The van der Waals surface area contributed by atoms with Crippen LogP contribution in [0.25, 0.3) is 0 Å². The number of hydrogen-bond acceptors (Lipinski definition) is 5. The Bertz CT molecular complexity index is 802. The molecule has 0 radical (unpaired) electrons. The minimum atomic E-state index is -0.432. The van der Waals surface area contributed by atoms with Crippen molar-refractivity contribution in [3.63, 3.8) is 0 Å². The maximum atomic E-state index is 12.6. The first kappa shape index (κ1) is 22.5. The number of carbonyl (C=O) groups is 2. The highest BCUT2D eigenvalue weighted by Gasteiger charge is 2.26. The Kier molecular flexibility index (Phi) is 8.73. The number of nitrogens with two attached hydrogens (primary N) is 1. The van der Waals surface area contributed by atoms with Crippen molar-refractivity contribution in [1.82, 2.24) is 15.5 Å². The zero-order valence-corrected chi connectivity index (χ0v) is 17.6. The molecule has 1 aromatic carbocycles. The third-order valence-electron chi connectivity index (χ3n) is 4.81. The summed E-state index contributed by atoms with van der Waals surface area (Å²) in [5.41, 5.74) is 7.34. The average molecular weight is 401 g/mol. The van der Waals surface area contributed by atoms with Crippen LogP contribution in [0, 0.1) is 6.92 Å². The first-order chi connectivity index (χ1) is 14.0. The molecule has 7 nitrogen and oxygen atoms in total. The molecule has 0 fully saturated rings. The van der Waals surface area contributed by atoms with Crippen LogP contribution in [0.1, 0.15) is 58.2 Å². The van der Waals surface area contributed by atoms with E-state index in [2.05, 4.69) is 46.7 Å². The van der Waals surface area contributed by atoms with Gasteiger partial charge in [0.25, 0.3) is 11.8 Å². The number of benzene rings is 1. The van der Waals surface area contributed by atoms with Crippen LogP contribution in [-0.2, 0) is 6.54 Å². The number of amides is 2. The van der Waals surface area contributed by atoms with E-state index in [0.29, 0.717) is 12.3 Å². The number of anilines is 1. The zero-order chi connectivity index (χ0) is 21.2. The third-order valence-corrected chi connectivity index (χ3v) is 4.81. The molecule has 0 aliphatic rings. The van der Waals surface area contributed by atoms with E-state index in [1.807, 2.05) is 6.07 Å². The first-order valence-electron chi connectivity index (χ1n) is 10.1. The van der Waals surface area contributed by atoms with Crippen molar-refractivity contribution in [2.45, 2.75) is 39.7 Å². The molecular weight excluding hydrogens is 368 g/mol. The summed E-state index contributed by atoms with van der Waals surface area (Å²) in [5.74, 6) is -0.476. The fourth-order valence-corrected chi connectivity index (χ4v) is 3.28. The van der Waals surface area contributed by atoms with Gasteiger partial charge < -0.3 is 20.8 Å². The van der Waals surface area contributed by atoms with Gasteiger partial charge in [-0.2, -0.15) is 0 Å². The summed E-state index contributed by atoms with van der Waals surface area (Å²) in [6, 6.07) is 10.4. The van der Waals surface area contributed by atoms with Crippen molar-refractivity contribution < 1.29 is 14.0 Å². The topological polar surface area (TPSA) is 101 Å². The van der Waals surface area contributed by atoms with E-state index < -0.39 is 5.91 Å². The molecule has 2 amide bonds. The lowest BCUT2D eigenvalue weighted by molar-refractivity contribution is 0.0923. The van der Waals surface area contributed by atoms with Gasteiger partial charge in [-0.15, -0.1) is 0 Å². The lowest BCUT2D eigenvalue weighted by atomic mass is 10.1. The molecule has 2 rings (SSSR count). The Hall–Kier alpha value is -2.80. The minimum absolute atomic E-state index is 0.0411. The van der Waals surface area contributed by atoms with Gasteiger partial charge >= 0.3 is 0 Å². The van der Waals surface area contributed by atoms with Crippen molar-refractivity contribution >= 4 is 17.7 Å². The SMILES string of the molecule is CCCCN(CCCNC(=O)c1c(C)oc(N)c1C(=O)NC)Cc1ccccc1. The van der Waals surface area contributed by atoms with Gasteiger partial charge in [0.05, 0.1) is 5.56 Å². The van der Waals surface area contributed by atoms with E-state index in [4.69, 9.17) is 10.2 Å². The summed E-state index contributed by atoms with van der Waals surface area (Å²) < 4.78 is 5.29. The summed E-state index contributed by atoms with van der Waals surface area (Å²) in [5, 5.41) is 5.38. The highest BCUT2D eigenvalue weighted by molar-refractivity contribution is 6.10. The van der Waals surface area contributed by atoms with Crippen molar-refractivity contribution in [3.05, 3.63) is 52.8 Å². The number of aryl methyl sites for hydroxylation is 1. The van der Waals surface area contributed by atoms with Crippen molar-refractivity contribution in [2.75, 3.05) is 32.4 Å². The number of nitrogens with zero attached hydrogens (tertiary/aromatic N) is 1. The quantitative estimate of drug-likeness (QED) is 0.504. The molecule has 0 unspecified atom stereocenters. The van der Waals surface area contributed by atoms with Gasteiger partial charge in [0.2, 0.25) is 5.88 Å². The van der Waals surface area contributed by atoms with Gasteiger partial charge in [0, 0.05) is 26.7 Å². The fraction of sp³-hybridized carbons (Fsp3) is 0.455. The smallest absolute Gasteiger partial charge is 0.257 e. The van der Waals surface area contributed by atoms with Crippen LogP contribution in [-0.4, -0.2) is 43.4 Å². The summed E-state index contributed by atoms with van der Waals surface area (Å²) in [4.78, 5) is 27.0. The van der Waals surface area contributed by atoms with Crippen LogP contribution < -0.4 is 16.4 Å². The Balaban J connectivity index is 1.91. The van der Waals surface area contributed by atoms with Gasteiger partial charge in [0.1, 0.15) is 11.3 Å². The summed E-state index contributed by atoms with van der Waals surface area (Å²) >= 11 is 0. The average Bonchev–Trinajstić information content (AvgIpc) is 3.02. The van der Waals surface area contributed by atoms with Gasteiger partial charge in [0.15, 0.2) is 0 Å². The van der Waals surface area contributed by atoms with Crippen LogP contribution in [0.5, 0.6) is 0 Å². The van der Waals surface area contributed by atoms with Crippen LogP contribution in [0.4, 0.5) is 5.88 Å². The molecule has 0 aliphatic heterocycles. The third kappa shape index (κ3) is 6.35. The van der Waals surface area contributed by atoms with E-state index in [1.165, 1.54) is 12.6 Å². The predicted octanol–water partition coefficient (Wildman–Crippen LogP) is 2.95. The normalized spacial score (nSPS) is 10.9. The Morgan fingerprint density at radius 3 is 2.41 bits per heavy atom. The monoisotopic (exact) mass is 400 g/mol. The summed E-state index contributed by atoms with van der Waals surface area (Å²) in [7, 11) is 1.49. The molecule has 0 aliphatic carbocycles. The molecule has 29 heavy (non-hydrogen) atoms. The number of carbonyl (C=O) groups excluding carboxylic acids is 2. The van der Waals surface area contributed by atoms with E-state index in [0.717, 1.165) is 38.9 Å². The second kappa shape index (κ2) is 11.3. The highest BCUT2D eigenvalue weighted by Crippen LogP contribution is 2.24. The minimum Gasteiger partial charge on any atom is -0.445 e. The second-order valence-corrected chi connectivity index (χ2v) is 7.08. The van der Waals surface area contributed by atoms with E-state index >= 15 is 0 Å². The molecule has 0 spiro atoms. The molecule has 0 saturated heterocycles. The first-order valence-corrected chi connectivity index (χ1v) is 10.1. The van der Waals surface area contributed by atoms with Crippen LogP contribution in [0.3, 0.4) is 0 Å². The maximum Gasteiger partial charge on any atom is 0.257 e. The second-order valence-electron chi connectivity index (χ2n) is 7.08. The van der Waals surface area contributed by atoms with Gasteiger partial charge in [-0.1, -0.05) is 43.7 Å². The number of nitrogens with one attached hydrogen (secondary N) is 2. The Morgan fingerprint density at radius 1 is 1.07 bits per heavy atom. The number of furan rings is 1. The molecule has 1 heterocycles. The number of hydrogen-bond donors (Lipinski definition) is 3. The zero-order valence-electron chi connectivity index (χ0n) is 17.6. The Morgan fingerprint density at radius 2 is 1.76 bits per heavy atom. The summed E-state index contributed by atoms with van der Waals surface area (Å²) in [6.07, 6.45) is 3.09.